The summed E-state index contributed by atoms with van der Waals surface area (Å²) in [5.74, 6) is -0.175. The Labute approximate surface area is 130 Å². The second-order valence-electron chi connectivity index (χ2n) is 5.49. The highest BCUT2D eigenvalue weighted by molar-refractivity contribution is 5.91. The molecule has 0 saturated carbocycles. The second kappa shape index (κ2) is 5.57. The molecule has 0 heterocycles. The Balaban J connectivity index is 2.36. The minimum Gasteiger partial charge on any atom is -0.504 e. The lowest BCUT2D eigenvalue weighted by Gasteiger charge is -2.16. The highest BCUT2D eigenvalue weighted by atomic mass is 16.3. The van der Waals surface area contributed by atoms with Crippen molar-refractivity contribution >= 4 is 0 Å². The van der Waals surface area contributed by atoms with Crippen LogP contribution in [-0.4, -0.2) is 10.2 Å². The maximum atomic E-state index is 10.5. The lowest BCUT2D eigenvalue weighted by atomic mass is 9.89. The SMILES string of the molecule is Cc1ccccc1-c1ccc(O)c(O)c1-c1ccccc1C. The third-order valence-corrected chi connectivity index (χ3v) is 4.01. The molecule has 3 rings (SSSR count). The normalized spacial score (nSPS) is 10.6. The van der Waals surface area contributed by atoms with Crippen molar-refractivity contribution in [2.45, 2.75) is 13.8 Å². The number of aryl methyl sites for hydroxylation is 2. The van der Waals surface area contributed by atoms with Crippen LogP contribution in [0.2, 0.25) is 0 Å². The topological polar surface area (TPSA) is 40.5 Å². The molecule has 3 aromatic carbocycles. The third-order valence-electron chi connectivity index (χ3n) is 4.01. The summed E-state index contributed by atoms with van der Waals surface area (Å²) in [5.41, 5.74) is 5.75. The molecule has 110 valence electrons. The van der Waals surface area contributed by atoms with E-state index in [1.165, 1.54) is 0 Å². The Morgan fingerprint density at radius 1 is 0.591 bits per heavy atom. The molecule has 0 unspecified atom stereocenters. The van der Waals surface area contributed by atoms with Crippen LogP contribution in [0, 0.1) is 13.8 Å². The van der Waals surface area contributed by atoms with Crippen LogP contribution in [0.25, 0.3) is 22.3 Å². The molecule has 0 amide bonds. The van der Waals surface area contributed by atoms with Gasteiger partial charge in [-0.05, 0) is 53.8 Å². The Morgan fingerprint density at radius 3 is 1.73 bits per heavy atom. The summed E-state index contributed by atoms with van der Waals surface area (Å²) in [7, 11) is 0. The highest BCUT2D eigenvalue weighted by Crippen LogP contribution is 2.45. The van der Waals surface area contributed by atoms with Gasteiger partial charge in [0.1, 0.15) is 0 Å². The van der Waals surface area contributed by atoms with Crippen molar-refractivity contribution in [1.82, 2.24) is 0 Å². The van der Waals surface area contributed by atoms with Crippen molar-refractivity contribution in [1.29, 1.82) is 0 Å². The van der Waals surface area contributed by atoms with E-state index >= 15 is 0 Å². The number of aromatic hydroxyl groups is 2. The number of benzene rings is 3. The molecule has 2 nitrogen and oxygen atoms in total. The quantitative estimate of drug-likeness (QED) is 0.648. The van der Waals surface area contributed by atoms with Gasteiger partial charge >= 0.3 is 0 Å². The van der Waals surface area contributed by atoms with E-state index in [-0.39, 0.29) is 11.5 Å². The molecule has 2 heteroatoms. The molecule has 0 bridgehead atoms. The second-order valence-corrected chi connectivity index (χ2v) is 5.49. The Morgan fingerprint density at radius 2 is 1.14 bits per heavy atom. The fraction of sp³-hybridized carbons (Fsp3) is 0.100. The number of phenols is 2. The largest absolute Gasteiger partial charge is 0.504 e. The van der Waals surface area contributed by atoms with Crippen LogP contribution in [0.4, 0.5) is 0 Å². The maximum Gasteiger partial charge on any atom is 0.166 e. The van der Waals surface area contributed by atoms with Crippen LogP contribution in [0.3, 0.4) is 0 Å². The van der Waals surface area contributed by atoms with Gasteiger partial charge in [0.2, 0.25) is 0 Å². The smallest absolute Gasteiger partial charge is 0.166 e. The molecule has 0 aliphatic heterocycles. The number of rotatable bonds is 2. The van der Waals surface area contributed by atoms with Gasteiger partial charge in [0, 0.05) is 5.56 Å². The van der Waals surface area contributed by atoms with Crippen LogP contribution in [0.5, 0.6) is 11.5 Å². The number of hydrogen-bond donors (Lipinski definition) is 2. The summed E-state index contributed by atoms with van der Waals surface area (Å²) in [6.45, 7) is 4.04. The molecule has 22 heavy (non-hydrogen) atoms. The molecule has 2 N–H and O–H groups in total. The number of hydrogen-bond acceptors (Lipinski definition) is 2. The third kappa shape index (κ3) is 2.33. The zero-order valence-corrected chi connectivity index (χ0v) is 12.7. The Hall–Kier alpha value is -2.74. The van der Waals surface area contributed by atoms with Crippen LogP contribution in [-0.2, 0) is 0 Å². The van der Waals surface area contributed by atoms with Gasteiger partial charge in [-0.1, -0.05) is 48.5 Å². The van der Waals surface area contributed by atoms with E-state index in [4.69, 9.17) is 0 Å². The standard InChI is InChI=1S/C20H18O2/c1-13-7-3-5-9-15(13)17-11-12-18(21)20(22)19(17)16-10-6-4-8-14(16)2/h3-12,21-22H,1-2H3. The minimum atomic E-state index is -0.101. The summed E-state index contributed by atoms with van der Waals surface area (Å²) >= 11 is 0. The van der Waals surface area contributed by atoms with Crippen molar-refractivity contribution in [3.8, 4) is 33.8 Å². The van der Waals surface area contributed by atoms with Gasteiger partial charge in [0.05, 0.1) is 0 Å². The van der Waals surface area contributed by atoms with E-state index in [1.807, 2.05) is 68.4 Å². The first-order chi connectivity index (χ1) is 10.6. The zero-order chi connectivity index (χ0) is 15.7. The first-order valence-corrected chi connectivity index (χ1v) is 7.26. The van der Waals surface area contributed by atoms with Gasteiger partial charge in [0.15, 0.2) is 11.5 Å². The molecule has 0 fully saturated rings. The first kappa shape index (κ1) is 14.2. The summed E-state index contributed by atoms with van der Waals surface area (Å²) in [6, 6.07) is 19.3. The lowest BCUT2D eigenvalue weighted by Crippen LogP contribution is -1.91. The molecule has 0 atom stereocenters. The van der Waals surface area contributed by atoms with Gasteiger partial charge < -0.3 is 10.2 Å². The fourth-order valence-electron chi connectivity index (χ4n) is 2.81. The predicted octanol–water partition coefficient (Wildman–Crippen LogP) is 5.05. The Kier molecular flexibility index (Phi) is 3.60. The summed E-state index contributed by atoms with van der Waals surface area (Å²) < 4.78 is 0. The van der Waals surface area contributed by atoms with E-state index in [0.717, 1.165) is 27.8 Å². The first-order valence-electron chi connectivity index (χ1n) is 7.26. The molecule has 0 aromatic heterocycles. The van der Waals surface area contributed by atoms with Crippen LogP contribution in [0.15, 0.2) is 60.7 Å². The molecule has 0 saturated heterocycles. The van der Waals surface area contributed by atoms with E-state index in [1.54, 1.807) is 6.07 Å². The summed E-state index contributed by atoms with van der Waals surface area (Å²) in [5, 5.41) is 20.4. The molecular formula is C20H18O2. The van der Waals surface area contributed by atoms with E-state index in [0.29, 0.717) is 5.56 Å². The average Bonchev–Trinajstić information content (AvgIpc) is 2.52. The van der Waals surface area contributed by atoms with Gasteiger partial charge in [-0.15, -0.1) is 0 Å². The predicted molar refractivity (Wildman–Crippen MR) is 90.1 cm³/mol. The van der Waals surface area contributed by atoms with Crippen molar-refractivity contribution in [2.24, 2.45) is 0 Å². The average molecular weight is 290 g/mol. The van der Waals surface area contributed by atoms with Gasteiger partial charge in [-0.25, -0.2) is 0 Å². The molecule has 0 aliphatic rings. The molecule has 0 aliphatic carbocycles. The van der Waals surface area contributed by atoms with E-state index in [9.17, 15) is 10.2 Å². The minimum absolute atomic E-state index is 0.0740. The van der Waals surface area contributed by atoms with Gasteiger partial charge in [-0.2, -0.15) is 0 Å². The van der Waals surface area contributed by atoms with Crippen molar-refractivity contribution in [3.63, 3.8) is 0 Å². The van der Waals surface area contributed by atoms with E-state index in [2.05, 4.69) is 0 Å². The Bertz CT molecular complexity index is 835. The van der Waals surface area contributed by atoms with E-state index < -0.39 is 0 Å². The zero-order valence-electron chi connectivity index (χ0n) is 12.7. The van der Waals surface area contributed by atoms with Crippen LogP contribution in [0.1, 0.15) is 11.1 Å². The number of phenolic OH excluding ortho intramolecular Hbond substituents is 2. The molecule has 0 spiro atoms. The van der Waals surface area contributed by atoms with Crippen LogP contribution < -0.4 is 0 Å². The monoisotopic (exact) mass is 290 g/mol. The summed E-state index contributed by atoms with van der Waals surface area (Å²) in [6.07, 6.45) is 0. The highest BCUT2D eigenvalue weighted by Gasteiger charge is 2.17. The molecule has 0 radical (unpaired) electrons. The molecular weight excluding hydrogens is 272 g/mol. The molecule has 3 aromatic rings. The van der Waals surface area contributed by atoms with Gasteiger partial charge in [-0.3, -0.25) is 0 Å². The maximum absolute atomic E-state index is 10.5. The fourth-order valence-corrected chi connectivity index (χ4v) is 2.81. The van der Waals surface area contributed by atoms with Crippen molar-refractivity contribution < 1.29 is 10.2 Å². The van der Waals surface area contributed by atoms with Gasteiger partial charge in [0.25, 0.3) is 0 Å². The summed E-state index contributed by atoms with van der Waals surface area (Å²) in [4.78, 5) is 0. The lowest BCUT2D eigenvalue weighted by molar-refractivity contribution is 0.405. The van der Waals surface area contributed by atoms with Crippen molar-refractivity contribution in [3.05, 3.63) is 71.8 Å². The van der Waals surface area contributed by atoms with Crippen LogP contribution >= 0.6 is 0 Å². The van der Waals surface area contributed by atoms with Crippen molar-refractivity contribution in [2.75, 3.05) is 0 Å².